The Morgan fingerprint density at radius 1 is 0.710 bits per heavy atom. The molecule has 0 radical (unpaired) electrons. The molecule has 1 aliphatic rings. The Morgan fingerprint density at radius 3 is 1.58 bits per heavy atom. The number of hydrogen-bond donors (Lipinski definition) is 1. The van der Waals surface area contributed by atoms with Crippen LogP contribution in [0.1, 0.15) is 32.1 Å². The standard InChI is InChI=1S/C11H17O.3C6H5.Sn/c12-10-6-2-5-9-11-7-3-1-4-8-11;3*1-2-4-6-5-3-1;/h5-6,9,11-12H,1,3-4,7-8,10H2;3*1-5H;/b6-2?,9-5+;;;;. The minimum absolute atomic E-state index is 0.0650. The van der Waals surface area contributed by atoms with Gasteiger partial charge in [0.25, 0.3) is 0 Å². The van der Waals surface area contributed by atoms with Crippen LogP contribution in [0.4, 0.5) is 0 Å². The van der Waals surface area contributed by atoms with Gasteiger partial charge in [0.1, 0.15) is 0 Å². The molecule has 31 heavy (non-hydrogen) atoms. The zero-order valence-electron chi connectivity index (χ0n) is 18.2. The van der Waals surface area contributed by atoms with Crippen molar-refractivity contribution in [2.24, 2.45) is 5.92 Å². The molecule has 0 atom stereocenters. The Kier molecular flexibility index (Phi) is 7.82. The van der Waals surface area contributed by atoms with E-state index < -0.39 is 18.4 Å². The fourth-order valence-electron chi connectivity index (χ4n) is 5.08. The van der Waals surface area contributed by atoms with Gasteiger partial charge in [0, 0.05) is 0 Å². The maximum atomic E-state index is 10.1. The molecule has 0 spiro atoms. The first kappa shape index (κ1) is 22.1. The van der Waals surface area contributed by atoms with Gasteiger partial charge in [-0.05, 0) is 0 Å². The average molecular weight is 515 g/mol. The van der Waals surface area contributed by atoms with Gasteiger partial charge in [0.2, 0.25) is 0 Å². The van der Waals surface area contributed by atoms with Crippen molar-refractivity contribution in [3.8, 4) is 0 Å². The molecule has 1 N–H and O–H groups in total. The van der Waals surface area contributed by atoms with Gasteiger partial charge in [0.05, 0.1) is 0 Å². The molecule has 1 nitrogen and oxygen atoms in total. The second-order valence-corrected chi connectivity index (χ2v) is 19.3. The summed E-state index contributed by atoms with van der Waals surface area (Å²) in [5.41, 5.74) is 0. The van der Waals surface area contributed by atoms with E-state index in [9.17, 15) is 5.11 Å². The molecule has 4 rings (SSSR count). The molecule has 0 heterocycles. The third-order valence-electron chi connectivity index (χ3n) is 6.56. The number of hydrogen-bond acceptors (Lipinski definition) is 1. The van der Waals surface area contributed by atoms with Crippen LogP contribution in [0, 0.1) is 5.92 Å². The van der Waals surface area contributed by atoms with Crippen LogP contribution >= 0.6 is 0 Å². The monoisotopic (exact) mass is 516 g/mol. The molecular formula is C29H32OSn. The van der Waals surface area contributed by atoms with Crippen molar-refractivity contribution in [3.63, 3.8) is 0 Å². The number of aliphatic hydroxyl groups excluding tert-OH is 1. The molecule has 1 fully saturated rings. The minimum atomic E-state index is -3.60. The van der Waals surface area contributed by atoms with Crippen LogP contribution in [0.25, 0.3) is 0 Å². The van der Waals surface area contributed by atoms with Crippen LogP contribution < -0.4 is 10.7 Å². The second kappa shape index (κ2) is 11.0. The molecule has 0 bridgehead atoms. The van der Waals surface area contributed by atoms with Crippen LogP contribution in [0.15, 0.2) is 113 Å². The van der Waals surface area contributed by atoms with E-state index in [0.29, 0.717) is 5.92 Å². The van der Waals surface area contributed by atoms with Gasteiger partial charge in [-0.3, -0.25) is 0 Å². The SMILES string of the molecule is OC/C=[C](\C=C\C1CCCCC1)[Sn]([c]1ccccc1)([c]1ccccc1)[c]1ccccc1. The molecule has 0 amide bonds. The maximum absolute atomic E-state index is 10.1. The van der Waals surface area contributed by atoms with Crippen LogP contribution in [0.3, 0.4) is 0 Å². The summed E-state index contributed by atoms with van der Waals surface area (Å²) in [4.78, 5) is 0. The van der Waals surface area contributed by atoms with Crippen molar-refractivity contribution in [2.75, 3.05) is 6.61 Å². The van der Waals surface area contributed by atoms with E-state index in [1.807, 2.05) is 0 Å². The van der Waals surface area contributed by atoms with Crippen molar-refractivity contribution in [2.45, 2.75) is 32.1 Å². The van der Waals surface area contributed by atoms with E-state index in [0.717, 1.165) is 0 Å². The van der Waals surface area contributed by atoms with Gasteiger partial charge in [-0.2, -0.15) is 0 Å². The van der Waals surface area contributed by atoms with E-state index in [2.05, 4.69) is 109 Å². The topological polar surface area (TPSA) is 20.2 Å². The molecular weight excluding hydrogens is 483 g/mol. The van der Waals surface area contributed by atoms with E-state index in [-0.39, 0.29) is 6.61 Å². The van der Waals surface area contributed by atoms with E-state index in [1.54, 1.807) is 0 Å². The van der Waals surface area contributed by atoms with Gasteiger partial charge < -0.3 is 0 Å². The molecule has 0 unspecified atom stereocenters. The molecule has 0 aliphatic heterocycles. The molecule has 3 aromatic rings. The molecule has 1 saturated carbocycles. The van der Waals surface area contributed by atoms with Crippen LogP contribution in [0.5, 0.6) is 0 Å². The third-order valence-corrected chi connectivity index (χ3v) is 20.4. The Balaban J connectivity index is 1.95. The van der Waals surface area contributed by atoms with Gasteiger partial charge in [-0.1, -0.05) is 0 Å². The van der Waals surface area contributed by atoms with Crippen molar-refractivity contribution in [1.29, 1.82) is 0 Å². The molecule has 2 heteroatoms. The summed E-state index contributed by atoms with van der Waals surface area (Å²) in [6.07, 6.45) is 13.5. The van der Waals surface area contributed by atoms with Crippen LogP contribution in [-0.4, -0.2) is 30.1 Å². The number of allylic oxidation sites excluding steroid dienone is 3. The summed E-state index contributed by atoms with van der Waals surface area (Å²) in [5.74, 6) is 0.655. The van der Waals surface area contributed by atoms with E-state index in [1.165, 1.54) is 46.4 Å². The number of aliphatic hydroxyl groups is 1. The third kappa shape index (κ3) is 4.88. The normalized spacial score (nSPS) is 16.0. The summed E-state index contributed by atoms with van der Waals surface area (Å²) in [6, 6.07) is 33.1. The Bertz CT molecular complexity index is 890. The molecule has 158 valence electrons. The predicted molar refractivity (Wildman–Crippen MR) is 135 cm³/mol. The number of benzene rings is 3. The predicted octanol–water partition coefficient (Wildman–Crippen LogP) is 4.75. The van der Waals surface area contributed by atoms with Gasteiger partial charge in [0.15, 0.2) is 0 Å². The van der Waals surface area contributed by atoms with Gasteiger partial charge in [-0.15, -0.1) is 0 Å². The van der Waals surface area contributed by atoms with Gasteiger partial charge >= 0.3 is 192 Å². The van der Waals surface area contributed by atoms with E-state index in [4.69, 9.17) is 0 Å². The summed E-state index contributed by atoms with van der Waals surface area (Å²) < 4.78 is 5.59. The molecule has 1 aliphatic carbocycles. The summed E-state index contributed by atoms with van der Waals surface area (Å²) >= 11 is -3.60. The van der Waals surface area contributed by atoms with Gasteiger partial charge in [-0.25, -0.2) is 0 Å². The van der Waals surface area contributed by atoms with E-state index >= 15 is 0 Å². The van der Waals surface area contributed by atoms with Crippen molar-refractivity contribution in [1.82, 2.24) is 0 Å². The van der Waals surface area contributed by atoms with Crippen molar-refractivity contribution < 1.29 is 5.11 Å². The number of rotatable bonds is 7. The summed E-state index contributed by atoms with van der Waals surface area (Å²) in [6.45, 7) is 0.0650. The first-order valence-corrected chi connectivity index (χ1v) is 17.2. The zero-order chi connectivity index (χ0) is 21.4. The Hall–Kier alpha value is -2.10. The second-order valence-electron chi connectivity index (χ2n) is 8.45. The fraction of sp³-hybridized carbons (Fsp3) is 0.241. The summed E-state index contributed by atoms with van der Waals surface area (Å²) in [5, 5.41) is 10.1. The molecule has 0 aromatic heterocycles. The average Bonchev–Trinajstić information content (AvgIpc) is 2.86. The first-order chi connectivity index (χ1) is 15.4. The quantitative estimate of drug-likeness (QED) is 0.356. The Labute approximate surface area is 191 Å². The Morgan fingerprint density at radius 2 is 1.16 bits per heavy atom. The fourth-order valence-corrected chi connectivity index (χ4v) is 18.8. The molecule has 3 aromatic carbocycles. The van der Waals surface area contributed by atoms with Crippen LogP contribution in [0.2, 0.25) is 0 Å². The van der Waals surface area contributed by atoms with Crippen molar-refractivity contribution in [3.05, 3.63) is 113 Å². The van der Waals surface area contributed by atoms with Crippen molar-refractivity contribution >= 4 is 29.1 Å². The van der Waals surface area contributed by atoms with Crippen LogP contribution in [-0.2, 0) is 0 Å². The first-order valence-electron chi connectivity index (χ1n) is 11.5. The molecule has 0 saturated heterocycles. The summed E-state index contributed by atoms with van der Waals surface area (Å²) in [7, 11) is 0. The zero-order valence-corrected chi connectivity index (χ0v) is 21.0.